The Morgan fingerprint density at radius 3 is 2.40 bits per heavy atom. The summed E-state index contributed by atoms with van der Waals surface area (Å²) in [6, 6.07) is 4.69. The Morgan fingerprint density at radius 2 is 1.80 bits per heavy atom. The normalized spacial score (nSPS) is 13.3. The molecule has 0 spiro atoms. The van der Waals surface area contributed by atoms with Crippen LogP contribution in [0.1, 0.15) is 32.8 Å². The minimum absolute atomic E-state index is 0.000809. The number of fused-ring (bicyclic) bond motifs is 1. The summed E-state index contributed by atoms with van der Waals surface area (Å²) >= 11 is 0. The average Bonchev–Trinajstić information content (AvgIpc) is 3.01. The summed E-state index contributed by atoms with van der Waals surface area (Å²) in [6.45, 7) is 4.91. The lowest BCUT2D eigenvalue weighted by Crippen LogP contribution is -2.53. The summed E-state index contributed by atoms with van der Waals surface area (Å²) in [5.74, 6) is -2.95. The number of rotatable bonds is 8. The molecule has 0 bridgehead atoms. The van der Waals surface area contributed by atoms with Gasteiger partial charge in [-0.2, -0.15) is 0 Å². The summed E-state index contributed by atoms with van der Waals surface area (Å²) in [5, 5.41) is 15.0. The van der Waals surface area contributed by atoms with Crippen molar-refractivity contribution in [1.82, 2.24) is 15.6 Å². The highest BCUT2D eigenvalue weighted by molar-refractivity contribution is 5.93. The molecule has 0 aliphatic heterocycles. The fraction of sp³-hybridized carbons (Fsp3) is 0.400. The molecule has 10 heteroatoms. The fourth-order valence-electron chi connectivity index (χ4n) is 2.85. The van der Waals surface area contributed by atoms with Crippen LogP contribution in [0.25, 0.3) is 10.9 Å². The van der Waals surface area contributed by atoms with Gasteiger partial charge in [-0.25, -0.2) is 9.59 Å². The van der Waals surface area contributed by atoms with E-state index < -0.39 is 48.0 Å². The maximum absolute atomic E-state index is 12.6. The van der Waals surface area contributed by atoms with Gasteiger partial charge < -0.3 is 31.2 Å². The third kappa shape index (κ3) is 6.50. The quantitative estimate of drug-likeness (QED) is 0.430. The highest BCUT2D eigenvalue weighted by Crippen LogP contribution is 2.19. The standard InChI is InChI=1S/C20H26N4O6/c1-20(2,3)30-19(29)24-14(9-16(21)25)17(26)23-15(18(27)28)8-11-10-22-13-7-5-4-6-12(11)13/h4-7,10,14-15,22H,8-9H2,1-3H3,(H2,21,25)(H,23,26)(H,24,29)(H,27,28)/t14-,15-/m0/s1. The molecule has 2 rings (SSSR count). The summed E-state index contributed by atoms with van der Waals surface area (Å²) in [5.41, 5.74) is 5.88. The first-order chi connectivity index (χ1) is 14.0. The van der Waals surface area contributed by atoms with E-state index in [9.17, 15) is 24.3 Å². The smallest absolute Gasteiger partial charge is 0.408 e. The van der Waals surface area contributed by atoms with Gasteiger partial charge in [-0.15, -0.1) is 0 Å². The molecule has 162 valence electrons. The van der Waals surface area contributed by atoms with Gasteiger partial charge in [0.2, 0.25) is 11.8 Å². The number of hydrogen-bond donors (Lipinski definition) is 5. The van der Waals surface area contributed by atoms with Gasteiger partial charge in [0.15, 0.2) is 0 Å². The highest BCUT2D eigenvalue weighted by Gasteiger charge is 2.30. The first kappa shape index (κ1) is 22.7. The number of nitrogens with one attached hydrogen (secondary N) is 3. The molecule has 2 atom stereocenters. The number of carbonyl (C=O) groups is 4. The first-order valence-corrected chi connectivity index (χ1v) is 9.32. The van der Waals surface area contributed by atoms with Crippen LogP contribution in [-0.2, 0) is 25.5 Å². The van der Waals surface area contributed by atoms with Gasteiger partial charge >= 0.3 is 12.1 Å². The number of aromatic amines is 1. The van der Waals surface area contributed by atoms with E-state index in [0.717, 1.165) is 10.9 Å². The Kier molecular flexibility index (Phi) is 7.04. The Bertz CT molecular complexity index is 946. The van der Waals surface area contributed by atoms with Crippen LogP contribution < -0.4 is 16.4 Å². The Morgan fingerprint density at radius 1 is 1.13 bits per heavy atom. The Hall–Kier alpha value is -3.56. The van der Waals surface area contributed by atoms with E-state index in [-0.39, 0.29) is 6.42 Å². The molecule has 1 aromatic carbocycles. The fourth-order valence-corrected chi connectivity index (χ4v) is 2.85. The van der Waals surface area contributed by atoms with Crippen LogP contribution in [0.15, 0.2) is 30.5 Å². The molecule has 2 aromatic rings. The lowest BCUT2D eigenvalue weighted by Gasteiger charge is -2.24. The lowest BCUT2D eigenvalue weighted by atomic mass is 10.0. The van der Waals surface area contributed by atoms with E-state index in [2.05, 4.69) is 15.6 Å². The molecule has 0 saturated carbocycles. The number of H-pyrrole nitrogens is 1. The molecular formula is C20H26N4O6. The summed E-state index contributed by atoms with van der Waals surface area (Å²) in [7, 11) is 0. The van der Waals surface area contributed by atoms with Crippen molar-refractivity contribution < 1.29 is 29.0 Å². The van der Waals surface area contributed by atoms with Gasteiger partial charge in [-0.3, -0.25) is 9.59 Å². The topological polar surface area (TPSA) is 164 Å². The van der Waals surface area contributed by atoms with Crippen LogP contribution in [0.5, 0.6) is 0 Å². The maximum atomic E-state index is 12.6. The van der Waals surface area contributed by atoms with E-state index in [1.54, 1.807) is 27.0 Å². The number of para-hydroxylation sites is 1. The molecular weight excluding hydrogens is 392 g/mol. The van der Waals surface area contributed by atoms with Crippen LogP contribution >= 0.6 is 0 Å². The number of benzene rings is 1. The van der Waals surface area contributed by atoms with Crippen LogP contribution in [0.4, 0.5) is 4.79 Å². The van der Waals surface area contributed by atoms with Gasteiger partial charge in [0, 0.05) is 23.5 Å². The molecule has 0 unspecified atom stereocenters. The molecule has 0 aliphatic carbocycles. The summed E-state index contributed by atoms with van der Waals surface area (Å²) < 4.78 is 5.08. The maximum Gasteiger partial charge on any atom is 0.408 e. The van der Waals surface area contributed by atoms with Crippen molar-refractivity contribution in [2.24, 2.45) is 5.73 Å². The average molecular weight is 418 g/mol. The van der Waals surface area contributed by atoms with E-state index in [0.29, 0.717) is 5.56 Å². The van der Waals surface area contributed by atoms with Gasteiger partial charge in [0.1, 0.15) is 17.7 Å². The molecule has 30 heavy (non-hydrogen) atoms. The molecule has 1 heterocycles. The van der Waals surface area contributed by atoms with Crippen LogP contribution in [0.3, 0.4) is 0 Å². The Labute approximate surface area is 173 Å². The second-order valence-corrected chi connectivity index (χ2v) is 7.83. The van der Waals surface area contributed by atoms with E-state index >= 15 is 0 Å². The van der Waals surface area contributed by atoms with Crippen molar-refractivity contribution in [2.45, 2.75) is 51.3 Å². The predicted octanol–water partition coefficient (Wildman–Crippen LogP) is 1.05. The molecule has 0 radical (unpaired) electrons. The summed E-state index contributed by atoms with van der Waals surface area (Å²) in [6.07, 6.45) is 0.241. The molecule has 6 N–H and O–H groups in total. The highest BCUT2D eigenvalue weighted by atomic mass is 16.6. The zero-order valence-corrected chi connectivity index (χ0v) is 17.0. The van der Waals surface area contributed by atoms with Crippen molar-refractivity contribution in [3.8, 4) is 0 Å². The number of carbonyl (C=O) groups excluding carboxylic acids is 3. The zero-order chi connectivity index (χ0) is 22.5. The number of aromatic nitrogens is 1. The van der Waals surface area contributed by atoms with Crippen molar-refractivity contribution in [1.29, 1.82) is 0 Å². The van der Waals surface area contributed by atoms with E-state index in [1.165, 1.54) is 0 Å². The van der Waals surface area contributed by atoms with Crippen LogP contribution in [-0.4, -0.2) is 51.7 Å². The minimum Gasteiger partial charge on any atom is -0.480 e. The zero-order valence-electron chi connectivity index (χ0n) is 17.0. The third-order valence-corrected chi connectivity index (χ3v) is 4.13. The molecule has 0 saturated heterocycles. The third-order valence-electron chi connectivity index (χ3n) is 4.13. The number of aliphatic carboxylic acids is 1. The number of amides is 3. The molecule has 1 aromatic heterocycles. The Balaban J connectivity index is 2.14. The van der Waals surface area contributed by atoms with Gasteiger partial charge in [-0.05, 0) is 32.4 Å². The molecule has 10 nitrogen and oxygen atoms in total. The van der Waals surface area contributed by atoms with Gasteiger partial charge in [-0.1, -0.05) is 18.2 Å². The monoisotopic (exact) mass is 418 g/mol. The van der Waals surface area contributed by atoms with Gasteiger partial charge in [0.05, 0.1) is 6.42 Å². The molecule has 0 fully saturated rings. The molecule has 3 amide bonds. The predicted molar refractivity (Wildman–Crippen MR) is 109 cm³/mol. The lowest BCUT2D eigenvalue weighted by molar-refractivity contribution is -0.142. The molecule has 0 aliphatic rings. The number of carboxylic acids is 1. The van der Waals surface area contributed by atoms with Crippen LogP contribution in [0.2, 0.25) is 0 Å². The van der Waals surface area contributed by atoms with Crippen molar-refractivity contribution in [3.63, 3.8) is 0 Å². The largest absolute Gasteiger partial charge is 0.480 e. The van der Waals surface area contributed by atoms with Crippen molar-refractivity contribution >= 4 is 34.8 Å². The number of primary amides is 1. The second-order valence-electron chi connectivity index (χ2n) is 7.83. The minimum atomic E-state index is -1.37. The van der Waals surface area contributed by atoms with E-state index in [4.69, 9.17) is 10.5 Å². The van der Waals surface area contributed by atoms with Crippen molar-refractivity contribution in [2.75, 3.05) is 0 Å². The number of carboxylic acid groups (broad SMARTS) is 1. The number of hydrogen-bond acceptors (Lipinski definition) is 5. The second kappa shape index (κ2) is 9.29. The number of alkyl carbamates (subject to hydrolysis) is 1. The number of ether oxygens (including phenoxy) is 1. The van der Waals surface area contributed by atoms with Crippen LogP contribution in [0, 0.1) is 0 Å². The van der Waals surface area contributed by atoms with Gasteiger partial charge in [0.25, 0.3) is 0 Å². The SMILES string of the molecule is CC(C)(C)OC(=O)N[C@@H](CC(N)=O)C(=O)N[C@@H](Cc1c[nH]c2ccccc12)C(=O)O. The number of nitrogens with two attached hydrogens (primary N) is 1. The first-order valence-electron chi connectivity index (χ1n) is 9.32. The van der Waals surface area contributed by atoms with E-state index in [1.807, 2.05) is 24.3 Å². The summed E-state index contributed by atoms with van der Waals surface area (Å²) in [4.78, 5) is 50.7. The van der Waals surface area contributed by atoms with Crippen molar-refractivity contribution in [3.05, 3.63) is 36.0 Å².